The first-order chi connectivity index (χ1) is 7.88. The quantitative estimate of drug-likeness (QED) is 0.464. The van der Waals surface area contributed by atoms with Gasteiger partial charge in [0.25, 0.3) is 0 Å². The van der Waals surface area contributed by atoms with Crippen molar-refractivity contribution in [1.29, 1.82) is 5.41 Å². The van der Waals surface area contributed by atoms with Crippen LogP contribution in [0.5, 0.6) is 0 Å². The third kappa shape index (κ3) is 5.74. The van der Waals surface area contributed by atoms with Gasteiger partial charge in [0.2, 0.25) is 0 Å². The third-order valence-electron chi connectivity index (χ3n) is 2.11. The van der Waals surface area contributed by atoms with Gasteiger partial charge in [-0.3, -0.25) is 5.41 Å². The van der Waals surface area contributed by atoms with E-state index in [2.05, 4.69) is 0 Å². The summed E-state index contributed by atoms with van der Waals surface area (Å²) in [5, 5.41) is 7.32. The van der Waals surface area contributed by atoms with E-state index in [9.17, 15) is 8.42 Å². The van der Waals surface area contributed by atoms with Crippen LogP contribution in [0.25, 0.3) is 0 Å². The molecule has 0 saturated carbocycles. The van der Waals surface area contributed by atoms with Crippen molar-refractivity contribution in [2.75, 3.05) is 17.8 Å². The second kappa shape index (κ2) is 6.07. The Kier molecular flexibility index (Phi) is 5.02. The molecule has 0 aromatic heterocycles. The number of amidine groups is 1. The summed E-state index contributed by atoms with van der Waals surface area (Å²) in [5.74, 6) is 1.57. The molecule has 0 amide bonds. The average molecular weight is 272 g/mol. The lowest BCUT2D eigenvalue weighted by molar-refractivity contribution is 0.603. The number of nitrogens with two attached hydrogens (primary N) is 1. The average Bonchev–Trinajstić information content (AvgIpc) is 2.23. The van der Waals surface area contributed by atoms with E-state index < -0.39 is 9.84 Å². The number of nitrogens with one attached hydrogen (secondary N) is 1. The van der Waals surface area contributed by atoms with E-state index in [4.69, 9.17) is 11.1 Å². The first kappa shape index (κ1) is 14.1. The Morgan fingerprint density at radius 3 is 2.76 bits per heavy atom. The molecule has 0 aliphatic heterocycles. The Labute approximate surface area is 106 Å². The zero-order chi connectivity index (χ0) is 12.9. The number of rotatable bonds is 6. The third-order valence-corrected chi connectivity index (χ3v) is 4.34. The van der Waals surface area contributed by atoms with E-state index in [0.29, 0.717) is 11.3 Å². The minimum Gasteiger partial charge on any atom is -0.384 e. The van der Waals surface area contributed by atoms with Crippen LogP contribution in [0.4, 0.5) is 0 Å². The number of thioether (sulfide) groups is 1. The van der Waals surface area contributed by atoms with E-state index in [0.717, 1.165) is 11.3 Å². The maximum Gasteiger partial charge on any atom is 0.148 e. The number of hydrogen-bond acceptors (Lipinski definition) is 4. The highest BCUT2D eigenvalue weighted by molar-refractivity contribution is 7.99. The first-order valence-corrected chi connectivity index (χ1v) is 8.29. The highest BCUT2D eigenvalue weighted by atomic mass is 32.2. The van der Waals surface area contributed by atoms with E-state index in [-0.39, 0.29) is 11.6 Å². The number of sulfone groups is 1. The van der Waals surface area contributed by atoms with Crippen LogP contribution >= 0.6 is 11.8 Å². The Bertz CT molecular complexity index is 498. The van der Waals surface area contributed by atoms with Crippen molar-refractivity contribution in [2.24, 2.45) is 5.73 Å². The second-order valence-electron chi connectivity index (χ2n) is 3.80. The summed E-state index contributed by atoms with van der Waals surface area (Å²) in [4.78, 5) is 0. The second-order valence-corrected chi connectivity index (χ2v) is 7.16. The van der Waals surface area contributed by atoms with E-state index in [1.807, 2.05) is 18.2 Å². The molecule has 0 heterocycles. The van der Waals surface area contributed by atoms with E-state index >= 15 is 0 Å². The van der Waals surface area contributed by atoms with Crippen molar-refractivity contribution in [2.45, 2.75) is 5.75 Å². The molecule has 6 heteroatoms. The minimum atomic E-state index is -2.88. The standard InChI is InChI=1S/C11H16N2O2S2/c1-17(14,15)6-5-16-8-9-3-2-4-10(7-9)11(12)13/h2-4,7H,5-6,8H2,1H3,(H3,12,13). The van der Waals surface area contributed by atoms with Gasteiger partial charge < -0.3 is 5.73 Å². The fourth-order valence-electron chi connectivity index (χ4n) is 1.23. The van der Waals surface area contributed by atoms with E-state index in [1.54, 1.807) is 17.8 Å². The summed E-state index contributed by atoms with van der Waals surface area (Å²) in [7, 11) is -2.88. The monoisotopic (exact) mass is 272 g/mol. The fourth-order valence-corrected chi connectivity index (χ4v) is 3.47. The summed E-state index contributed by atoms with van der Waals surface area (Å²) in [6.07, 6.45) is 1.24. The molecule has 0 unspecified atom stereocenters. The molecule has 0 radical (unpaired) electrons. The SMILES string of the molecule is CS(=O)(=O)CCSCc1cccc(C(=N)N)c1. The zero-order valence-corrected chi connectivity index (χ0v) is 11.3. The Hall–Kier alpha value is -1.01. The highest BCUT2D eigenvalue weighted by Gasteiger charge is 2.03. The lowest BCUT2D eigenvalue weighted by Gasteiger charge is -2.04. The van der Waals surface area contributed by atoms with Gasteiger partial charge in [0.15, 0.2) is 0 Å². The topological polar surface area (TPSA) is 84.0 Å². The van der Waals surface area contributed by atoms with Crippen molar-refractivity contribution in [1.82, 2.24) is 0 Å². The molecule has 1 aromatic rings. The molecule has 94 valence electrons. The van der Waals surface area contributed by atoms with Gasteiger partial charge in [0, 0.05) is 23.3 Å². The van der Waals surface area contributed by atoms with Crippen LogP contribution in [0.2, 0.25) is 0 Å². The van der Waals surface area contributed by atoms with Crippen LogP contribution in [-0.4, -0.2) is 32.0 Å². The molecule has 0 fully saturated rings. The minimum absolute atomic E-state index is 0.0491. The van der Waals surface area contributed by atoms with Crippen LogP contribution in [0, 0.1) is 5.41 Å². The summed E-state index contributed by atoms with van der Waals surface area (Å²) in [6, 6.07) is 7.44. The van der Waals surface area contributed by atoms with Crippen molar-refractivity contribution < 1.29 is 8.42 Å². The van der Waals surface area contributed by atoms with Crippen molar-refractivity contribution in [3.63, 3.8) is 0 Å². The van der Waals surface area contributed by atoms with Gasteiger partial charge in [-0.15, -0.1) is 0 Å². The van der Waals surface area contributed by atoms with Gasteiger partial charge in [-0.2, -0.15) is 11.8 Å². The largest absolute Gasteiger partial charge is 0.384 e. The molecule has 0 bridgehead atoms. The van der Waals surface area contributed by atoms with Gasteiger partial charge in [-0.25, -0.2) is 8.42 Å². The molecule has 1 aromatic carbocycles. The van der Waals surface area contributed by atoms with Crippen LogP contribution in [0.1, 0.15) is 11.1 Å². The molecular formula is C11H16N2O2S2. The normalized spacial score (nSPS) is 11.4. The summed E-state index contributed by atoms with van der Waals surface area (Å²) in [5.41, 5.74) is 7.14. The Morgan fingerprint density at radius 1 is 1.47 bits per heavy atom. The molecule has 3 N–H and O–H groups in total. The lowest BCUT2D eigenvalue weighted by Crippen LogP contribution is -2.11. The maximum absolute atomic E-state index is 10.9. The molecule has 17 heavy (non-hydrogen) atoms. The Morgan fingerprint density at radius 2 is 2.18 bits per heavy atom. The molecule has 4 nitrogen and oxygen atoms in total. The van der Waals surface area contributed by atoms with Gasteiger partial charge in [-0.05, 0) is 11.6 Å². The predicted octanol–water partition coefficient (Wildman–Crippen LogP) is 1.25. The van der Waals surface area contributed by atoms with Crippen molar-refractivity contribution in [3.8, 4) is 0 Å². The van der Waals surface area contributed by atoms with Crippen molar-refractivity contribution >= 4 is 27.4 Å². The molecule has 0 atom stereocenters. The van der Waals surface area contributed by atoms with Gasteiger partial charge in [-0.1, -0.05) is 18.2 Å². The Balaban J connectivity index is 2.47. The zero-order valence-electron chi connectivity index (χ0n) is 9.64. The summed E-state index contributed by atoms with van der Waals surface area (Å²) >= 11 is 1.56. The molecule has 0 aliphatic rings. The summed E-state index contributed by atoms with van der Waals surface area (Å²) < 4.78 is 21.9. The molecule has 1 rings (SSSR count). The smallest absolute Gasteiger partial charge is 0.148 e. The van der Waals surface area contributed by atoms with Gasteiger partial charge >= 0.3 is 0 Å². The lowest BCUT2D eigenvalue weighted by atomic mass is 10.1. The molecule has 0 saturated heterocycles. The number of hydrogen-bond donors (Lipinski definition) is 2. The number of benzene rings is 1. The van der Waals surface area contributed by atoms with E-state index in [1.165, 1.54) is 6.26 Å². The van der Waals surface area contributed by atoms with Crippen LogP contribution in [-0.2, 0) is 15.6 Å². The fraction of sp³-hybridized carbons (Fsp3) is 0.364. The van der Waals surface area contributed by atoms with Gasteiger partial charge in [0.1, 0.15) is 15.7 Å². The van der Waals surface area contributed by atoms with Crippen LogP contribution < -0.4 is 5.73 Å². The summed E-state index contributed by atoms with van der Waals surface area (Å²) in [6.45, 7) is 0. The van der Waals surface area contributed by atoms with Crippen LogP contribution in [0.3, 0.4) is 0 Å². The molecule has 0 aliphatic carbocycles. The highest BCUT2D eigenvalue weighted by Crippen LogP contribution is 2.13. The van der Waals surface area contributed by atoms with Gasteiger partial charge in [0.05, 0.1) is 5.75 Å². The number of nitrogen functional groups attached to an aromatic ring is 1. The van der Waals surface area contributed by atoms with Crippen LogP contribution in [0.15, 0.2) is 24.3 Å². The maximum atomic E-state index is 10.9. The molecule has 0 spiro atoms. The van der Waals surface area contributed by atoms with Crippen molar-refractivity contribution in [3.05, 3.63) is 35.4 Å². The molecular weight excluding hydrogens is 256 g/mol. The predicted molar refractivity (Wildman–Crippen MR) is 73.3 cm³/mol. The first-order valence-electron chi connectivity index (χ1n) is 5.07.